The number of ether oxygens (including phenoxy) is 2. The Labute approximate surface area is 205 Å². The smallest absolute Gasteiger partial charge is 0.422 e. The van der Waals surface area contributed by atoms with Gasteiger partial charge in [0.25, 0.3) is 0 Å². The number of aromatic nitrogens is 4. The second kappa shape index (κ2) is 11.5. The molecule has 3 rings (SSSR count). The van der Waals surface area contributed by atoms with Gasteiger partial charge in [-0.1, -0.05) is 35.3 Å². The topological polar surface area (TPSA) is 65.3 Å². The predicted octanol–water partition coefficient (Wildman–Crippen LogP) is 5.53. The summed E-state index contributed by atoms with van der Waals surface area (Å²) in [5.41, 5.74) is 1.70. The van der Waals surface area contributed by atoms with Crippen LogP contribution in [0, 0.1) is 0 Å². The molecule has 0 aliphatic carbocycles. The molecule has 0 bridgehead atoms. The van der Waals surface area contributed by atoms with Crippen molar-refractivity contribution in [3.05, 3.63) is 46.6 Å². The first-order valence-corrected chi connectivity index (χ1v) is 11.6. The molecule has 0 N–H and O–H groups in total. The summed E-state index contributed by atoms with van der Waals surface area (Å²) in [7, 11) is 3.59. The number of halogens is 4. The van der Waals surface area contributed by atoms with Crippen LogP contribution in [0.15, 0.2) is 41.0 Å². The van der Waals surface area contributed by atoms with Gasteiger partial charge in [0.1, 0.15) is 5.75 Å². The molecule has 0 atom stereocenters. The SMILES string of the molecule is CCCCN(C)c1nnc(-c2cc(OC)ccc2Br)n1CCc1ccc(OCC(F)(F)F)nc1. The molecule has 184 valence electrons. The van der Waals surface area contributed by atoms with Crippen molar-refractivity contribution >= 4 is 21.9 Å². The van der Waals surface area contributed by atoms with Crippen molar-refractivity contribution in [2.45, 2.75) is 38.9 Å². The van der Waals surface area contributed by atoms with E-state index >= 15 is 0 Å². The number of anilines is 1. The highest BCUT2D eigenvalue weighted by Crippen LogP contribution is 2.32. The lowest BCUT2D eigenvalue weighted by Crippen LogP contribution is -2.23. The van der Waals surface area contributed by atoms with Gasteiger partial charge < -0.3 is 14.4 Å². The van der Waals surface area contributed by atoms with Crippen LogP contribution < -0.4 is 14.4 Å². The zero-order valence-corrected chi connectivity index (χ0v) is 20.9. The maximum absolute atomic E-state index is 12.4. The van der Waals surface area contributed by atoms with Gasteiger partial charge in [-0.2, -0.15) is 13.2 Å². The predicted molar refractivity (Wildman–Crippen MR) is 127 cm³/mol. The fourth-order valence-electron chi connectivity index (χ4n) is 3.32. The van der Waals surface area contributed by atoms with Gasteiger partial charge in [-0.3, -0.25) is 4.57 Å². The molecule has 0 radical (unpaired) electrons. The molecule has 7 nitrogen and oxygen atoms in total. The number of hydrogen-bond acceptors (Lipinski definition) is 6. The van der Waals surface area contributed by atoms with E-state index in [9.17, 15) is 13.2 Å². The Bertz CT molecular complexity index is 1070. The average Bonchev–Trinajstić information content (AvgIpc) is 3.24. The number of aryl methyl sites for hydroxylation is 1. The van der Waals surface area contributed by atoms with Gasteiger partial charge in [-0.25, -0.2) is 4.98 Å². The largest absolute Gasteiger partial charge is 0.497 e. The van der Waals surface area contributed by atoms with Crippen molar-refractivity contribution in [3.63, 3.8) is 0 Å². The number of alkyl halides is 3. The van der Waals surface area contributed by atoms with Gasteiger partial charge in [-0.05, 0) is 36.6 Å². The molecule has 34 heavy (non-hydrogen) atoms. The fourth-order valence-corrected chi connectivity index (χ4v) is 3.75. The third kappa shape index (κ3) is 6.85. The summed E-state index contributed by atoms with van der Waals surface area (Å²) in [6, 6.07) is 8.81. The quantitative estimate of drug-likeness (QED) is 0.318. The van der Waals surface area contributed by atoms with Crippen LogP contribution in [0.4, 0.5) is 19.1 Å². The van der Waals surface area contributed by atoms with Gasteiger partial charge in [0.15, 0.2) is 12.4 Å². The highest BCUT2D eigenvalue weighted by atomic mass is 79.9. The lowest BCUT2D eigenvalue weighted by molar-refractivity contribution is -0.154. The van der Waals surface area contributed by atoms with E-state index < -0.39 is 12.8 Å². The molecular weight excluding hydrogens is 515 g/mol. The highest BCUT2D eigenvalue weighted by molar-refractivity contribution is 9.10. The minimum absolute atomic E-state index is 0.0636. The molecule has 3 aromatic rings. The molecule has 2 heterocycles. The first-order valence-electron chi connectivity index (χ1n) is 10.8. The number of benzene rings is 1. The van der Waals surface area contributed by atoms with Gasteiger partial charge in [0.05, 0.1) is 7.11 Å². The molecule has 1 aromatic carbocycles. The molecular formula is C23H27BrF3N5O2. The third-order valence-corrected chi connectivity index (χ3v) is 5.83. The lowest BCUT2D eigenvalue weighted by atomic mass is 10.2. The van der Waals surface area contributed by atoms with E-state index in [0.29, 0.717) is 24.5 Å². The molecule has 0 aliphatic rings. The Hall–Kier alpha value is -2.82. The standard InChI is InChI=1S/C23H27BrF3N5O2/c1-4-5-11-31(2)22-30-29-21(18-13-17(33-3)7-8-19(18)24)32(22)12-10-16-6-9-20(28-14-16)34-15-23(25,26)27/h6-9,13-14H,4-5,10-12,15H2,1-3H3. The van der Waals surface area contributed by atoms with Gasteiger partial charge in [0, 0.05) is 42.4 Å². The van der Waals surface area contributed by atoms with E-state index in [4.69, 9.17) is 9.47 Å². The van der Waals surface area contributed by atoms with E-state index in [-0.39, 0.29) is 5.88 Å². The Morgan fingerprint density at radius 3 is 2.59 bits per heavy atom. The number of pyridine rings is 1. The summed E-state index contributed by atoms with van der Waals surface area (Å²) in [6.07, 6.45) is -0.225. The monoisotopic (exact) mass is 541 g/mol. The van der Waals surface area contributed by atoms with Crippen LogP contribution in [0.3, 0.4) is 0 Å². The van der Waals surface area contributed by atoms with Crippen molar-refractivity contribution in [2.24, 2.45) is 0 Å². The molecule has 11 heteroatoms. The van der Waals surface area contributed by atoms with Crippen LogP contribution in [0.2, 0.25) is 0 Å². The third-order valence-electron chi connectivity index (χ3n) is 5.14. The number of rotatable bonds is 11. The highest BCUT2D eigenvalue weighted by Gasteiger charge is 2.28. The van der Waals surface area contributed by atoms with Gasteiger partial charge in [0.2, 0.25) is 11.8 Å². The van der Waals surface area contributed by atoms with Crippen molar-refractivity contribution < 1.29 is 22.6 Å². The zero-order chi connectivity index (χ0) is 24.7. The molecule has 0 saturated heterocycles. The number of methoxy groups -OCH3 is 1. The van der Waals surface area contributed by atoms with E-state index in [1.54, 1.807) is 13.2 Å². The summed E-state index contributed by atoms with van der Waals surface area (Å²) in [5.74, 6) is 2.05. The van der Waals surface area contributed by atoms with Crippen molar-refractivity contribution in [1.82, 2.24) is 19.7 Å². The summed E-state index contributed by atoms with van der Waals surface area (Å²) in [6.45, 7) is 2.14. The maximum atomic E-state index is 12.4. The van der Waals surface area contributed by atoms with E-state index in [2.05, 4.69) is 42.9 Å². The molecule has 0 unspecified atom stereocenters. The van der Waals surface area contributed by atoms with Crippen LogP contribution >= 0.6 is 15.9 Å². The van der Waals surface area contributed by atoms with E-state index in [0.717, 1.165) is 40.9 Å². The van der Waals surface area contributed by atoms with Crippen molar-refractivity contribution in [1.29, 1.82) is 0 Å². The first-order chi connectivity index (χ1) is 16.2. The van der Waals surface area contributed by atoms with Crippen LogP contribution in [0.1, 0.15) is 25.3 Å². The zero-order valence-electron chi connectivity index (χ0n) is 19.3. The van der Waals surface area contributed by atoms with Crippen LogP contribution in [0.25, 0.3) is 11.4 Å². The fraction of sp³-hybridized carbons (Fsp3) is 0.435. The number of hydrogen-bond donors (Lipinski definition) is 0. The van der Waals surface area contributed by atoms with E-state index in [1.807, 2.05) is 29.8 Å². The molecule has 0 saturated carbocycles. The normalized spacial score (nSPS) is 11.5. The van der Waals surface area contributed by atoms with E-state index in [1.165, 1.54) is 12.3 Å². The Balaban J connectivity index is 1.84. The summed E-state index contributed by atoms with van der Waals surface area (Å²) >= 11 is 3.60. The maximum Gasteiger partial charge on any atom is 0.422 e. The van der Waals surface area contributed by atoms with Crippen LogP contribution in [-0.4, -0.2) is 53.2 Å². The second-order valence-electron chi connectivity index (χ2n) is 7.75. The van der Waals surface area contributed by atoms with Crippen molar-refractivity contribution in [2.75, 3.05) is 32.2 Å². The summed E-state index contributed by atoms with van der Waals surface area (Å²) in [5, 5.41) is 8.92. The second-order valence-corrected chi connectivity index (χ2v) is 8.61. The summed E-state index contributed by atoms with van der Waals surface area (Å²) < 4.78 is 50.0. The average molecular weight is 542 g/mol. The number of nitrogens with zero attached hydrogens (tertiary/aromatic N) is 5. The summed E-state index contributed by atoms with van der Waals surface area (Å²) in [4.78, 5) is 6.07. The van der Waals surface area contributed by atoms with Gasteiger partial charge >= 0.3 is 6.18 Å². The Kier molecular flexibility index (Phi) is 8.76. The van der Waals surface area contributed by atoms with Crippen LogP contribution in [0.5, 0.6) is 11.6 Å². The first kappa shape index (κ1) is 25.8. The minimum atomic E-state index is -4.40. The number of unbranched alkanes of at least 4 members (excludes halogenated alkanes) is 1. The van der Waals surface area contributed by atoms with Crippen molar-refractivity contribution in [3.8, 4) is 23.0 Å². The van der Waals surface area contributed by atoms with Gasteiger partial charge in [-0.15, -0.1) is 10.2 Å². The molecule has 0 fully saturated rings. The molecule has 0 aliphatic heterocycles. The lowest BCUT2D eigenvalue weighted by Gasteiger charge is -2.20. The molecule has 2 aromatic heterocycles. The Morgan fingerprint density at radius 1 is 1.15 bits per heavy atom. The minimum Gasteiger partial charge on any atom is -0.497 e. The molecule has 0 spiro atoms. The van der Waals surface area contributed by atoms with Crippen LogP contribution in [-0.2, 0) is 13.0 Å². The molecule has 0 amide bonds. The Morgan fingerprint density at radius 2 is 1.94 bits per heavy atom.